The van der Waals surface area contributed by atoms with E-state index in [0.717, 1.165) is 17.9 Å². The summed E-state index contributed by atoms with van der Waals surface area (Å²) in [6, 6.07) is -0.0992. The van der Waals surface area contributed by atoms with Gasteiger partial charge in [-0.25, -0.2) is 9.59 Å². The first-order valence-corrected chi connectivity index (χ1v) is 7.58. The maximum atomic E-state index is 11.7. The molecule has 0 atom stereocenters. The van der Waals surface area contributed by atoms with Gasteiger partial charge in [-0.1, -0.05) is 6.92 Å². The Kier molecular flexibility index (Phi) is 6.44. The van der Waals surface area contributed by atoms with Crippen LogP contribution in [0.25, 0.3) is 0 Å². The molecule has 1 heterocycles. The number of hydrogen-bond acceptors (Lipinski definition) is 4. The van der Waals surface area contributed by atoms with E-state index in [-0.39, 0.29) is 12.6 Å². The Balaban J connectivity index is 2.11. The van der Waals surface area contributed by atoms with Gasteiger partial charge in [0.25, 0.3) is 0 Å². The molecule has 0 aromatic carbocycles. The molecule has 0 aromatic heterocycles. The van der Waals surface area contributed by atoms with Gasteiger partial charge in [-0.2, -0.15) is 11.8 Å². The second-order valence-corrected chi connectivity index (χ2v) is 6.16. The highest BCUT2D eigenvalue weighted by Crippen LogP contribution is 2.24. The minimum absolute atomic E-state index is 0.0992. The summed E-state index contributed by atoms with van der Waals surface area (Å²) in [4.78, 5) is 23.8. The van der Waals surface area contributed by atoms with Crippen LogP contribution in [0.3, 0.4) is 0 Å². The Bertz CT molecular complexity index is 319. The first-order chi connectivity index (χ1) is 8.97. The lowest BCUT2D eigenvalue weighted by atomic mass is 9.97. The second-order valence-electron chi connectivity index (χ2n) is 4.77. The third kappa shape index (κ3) is 5.69. The Hall–Kier alpha value is -0.950. The number of nitrogens with zero attached hydrogens (tertiary/aromatic N) is 1. The zero-order chi connectivity index (χ0) is 14.3. The van der Waals surface area contributed by atoms with Gasteiger partial charge >= 0.3 is 12.0 Å². The van der Waals surface area contributed by atoms with Crippen molar-refractivity contribution in [2.75, 3.05) is 37.7 Å². The van der Waals surface area contributed by atoms with Crippen molar-refractivity contribution >= 4 is 23.8 Å². The predicted molar refractivity (Wildman–Crippen MR) is 74.6 cm³/mol. The molecule has 0 saturated carbocycles. The van der Waals surface area contributed by atoms with Gasteiger partial charge in [-0.15, -0.1) is 0 Å². The minimum Gasteiger partial charge on any atom is -0.480 e. The molecule has 1 aliphatic rings. The number of rotatable bonds is 8. The lowest BCUT2D eigenvalue weighted by molar-refractivity contribution is -0.159. The normalized spacial score (nSPS) is 16.8. The van der Waals surface area contributed by atoms with Crippen molar-refractivity contribution in [3.8, 4) is 0 Å². The van der Waals surface area contributed by atoms with Crippen LogP contribution in [0.15, 0.2) is 0 Å². The van der Waals surface area contributed by atoms with Crippen LogP contribution in [0.5, 0.6) is 0 Å². The molecule has 0 aliphatic carbocycles. The van der Waals surface area contributed by atoms with Gasteiger partial charge in [0.2, 0.25) is 0 Å². The number of aliphatic carboxylic acids is 1. The molecule has 1 fully saturated rings. The van der Waals surface area contributed by atoms with E-state index in [0.29, 0.717) is 19.6 Å². The number of urea groups is 1. The van der Waals surface area contributed by atoms with Crippen molar-refractivity contribution in [2.45, 2.75) is 25.9 Å². The number of carbonyl (C=O) groups is 2. The van der Waals surface area contributed by atoms with Crippen LogP contribution < -0.4 is 5.32 Å². The van der Waals surface area contributed by atoms with Crippen LogP contribution in [0.4, 0.5) is 4.79 Å². The number of ether oxygens (including phenoxy) is 1. The van der Waals surface area contributed by atoms with Gasteiger partial charge in [0.05, 0.1) is 13.1 Å². The summed E-state index contributed by atoms with van der Waals surface area (Å²) in [7, 11) is 0. The maximum absolute atomic E-state index is 11.7. The molecule has 2 N–H and O–H groups in total. The standard InChI is InChI=1S/C12H22N2O4S/c1-3-19-6-4-5-13-11(17)14-8-12(2,9-14)18-7-10(15)16/h3-9H2,1-2H3,(H,13,17)(H,15,16). The number of carbonyl (C=O) groups excluding carboxylic acids is 1. The van der Waals surface area contributed by atoms with Gasteiger partial charge in [0.15, 0.2) is 0 Å². The first-order valence-electron chi connectivity index (χ1n) is 6.43. The zero-order valence-corrected chi connectivity index (χ0v) is 12.3. The highest BCUT2D eigenvalue weighted by molar-refractivity contribution is 7.99. The summed E-state index contributed by atoms with van der Waals surface area (Å²) in [5.74, 6) is 1.16. The number of nitrogens with one attached hydrogen (secondary N) is 1. The average Bonchev–Trinajstić information content (AvgIpc) is 2.32. The number of carboxylic acids is 1. The van der Waals surface area contributed by atoms with E-state index >= 15 is 0 Å². The van der Waals surface area contributed by atoms with Crippen molar-refractivity contribution in [1.82, 2.24) is 10.2 Å². The molecule has 6 nitrogen and oxygen atoms in total. The second kappa shape index (κ2) is 7.59. The molecule has 110 valence electrons. The van der Waals surface area contributed by atoms with Gasteiger partial charge in [0, 0.05) is 6.54 Å². The van der Waals surface area contributed by atoms with E-state index in [1.165, 1.54) is 0 Å². The van der Waals surface area contributed by atoms with E-state index < -0.39 is 11.6 Å². The summed E-state index contributed by atoms with van der Waals surface area (Å²) in [5.41, 5.74) is -0.520. The van der Waals surface area contributed by atoms with Gasteiger partial charge in [-0.3, -0.25) is 0 Å². The highest BCUT2D eigenvalue weighted by atomic mass is 32.2. The molecule has 0 aromatic rings. The fourth-order valence-corrected chi connectivity index (χ4v) is 2.49. The molecule has 19 heavy (non-hydrogen) atoms. The molecule has 1 saturated heterocycles. The van der Waals surface area contributed by atoms with Gasteiger partial charge in [0.1, 0.15) is 12.2 Å². The first kappa shape index (κ1) is 16.1. The molecule has 7 heteroatoms. The average molecular weight is 290 g/mol. The number of hydrogen-bond donors (Lipinski definition) is 2. The van der Waals surface area contributed by atoms with Crippen LogP contribution >= 0.6 is 11.8 Å². The smallest absolute Gasteiger partial charge is 0.329 e. The fourth-order valence-electron chi connectivity index (χ4n) is 1.86. The summed E-state index contributed by atoms with van der Waals surface area (Å²) < 4.78 is 5.24. The Morgan fingerprint density at radius 3 is 2.74 bits per heavy atom. The van der Waals surface area contributed by atoms with Crippen molar-refractivity contribution in [2.24, 2.45) is 0 Å². The lowest BCUT2D eigenvalue weighted by Crippen LogP contribution is -2.65. The van der Waals surface area contributed by atoms with Crippen LogP contribution in [-0.2, 0) is 9.53 Å². The zero-order valence-electron chi connectivity index (χ0n) is 11.5. The van der Waals surface area contributed by atoms with Gasteiger partial charge < -0.3 is 20.1 Å². The molecule has 0 unspecified atom stereocenters. The number of carboxylic acid groups (broad SMARTS) is 1. The molecular formula is C12H22N2O4S. The van der Waals surface area contributed by atoms with Crippen molar-refractivity contribution in [3.05, 3.63) is 0 Å². The maximum Gasteiger partial charge on any atom is 0.329 e. The Labute approximate surface area is 117 Å². The molecule has 0 bridgehead atoms. The number of likely N-dealkylation sites (tertiary alicyclic amines) is 1. The third-order valence-electron chi connectivity index (χ3n) is 2.83. The Morgan fingerprint density at radius 2 is 2.16 bits per heavy atom. The van der Waals surface area contributed by atoms with Crippen molar-refractivity contribution < 1.29 is 19.4 Å². The molecule has 1 aliphatic heterocycles. The fraction of sp³-hybridized carbons (Fsp3) is 0.833. The van der Waals surface area contributed by atoms with Crippen molar-refractivity contribution in [3.63, 3.8) is 0 Å². The molecule has 0 radical (unpaired) electrons. The van der Waals surface area contributed by atoms with Crippen LogP contribution in [-0.4, -0.2) is 65.4 Å². The molecule has 0 spiro atoms. The number of amides is 2. The van der Waals surface area contributed by atoms with Gasteiger partial charge in [-0.05, 0) is 24.9 Å². The highest BCUT2D eigenvalue weighted by Gasteiger charge is 2.42. The Morgan fingerprint density at radius 1 is 1.47 bits per heavy atom. The van der Waals surface area contributed by atoms with Crippen LogP contribution in [0, 0.1) is 0 Å². The van der Waals surface area contributed by atoms with Crippen LogP contribution in [0.2, 0.25) is 0 Å². The summed E-state index contributed by atoms with van der Waals surface area (Å²) in [6.45, 7) is 5.17. The summed E-state index contributed by atoms with van der Waals surface area (Å²) in [5, 5.41) is 11.4. The largest absolute Gasteiger partial charge is 0.480 e. The monoisotopic (exact) mass is 290 g/mol. The minimum atomic E-state index is -0.988. The topological polar surface area (TPSA) is 78.9 Å². The SMILES string of the molecule is CCSCCCNC(=O)N1CC(C)(OCC(=O)O)C1. The van der Waals surface area contributed by atoms with E-state index in [9.17, 15) is 9.59 Å². The predicted octanol–water partition coefficient (Wildman–Crippen LogP) is 1.01. The lowest BCUT2D eigenvalue weighted by Gasteiger charge is -2.46. The molecule has 1 rings (SSSR count). The summed E-state index contributed by atoms with van der Waals surface area (Å²) >= 11 is 1.86. The van der Waals surface area contributed by atoms with E-state index in [1.807, 2.05) is 18.7 Å². The number of thioether (sulfide) groups is 1. The third-order valence-corrected chi connectivity index (χ3v) is 3.81. The molecule has 2 amide bonds. The van der Waals surface area contributed by atoms with E-state index in [2.05, 4.69) is 12.2 Å². The van der Waals surface area contributed by atoms with Crippen LogP contribution in [0.1, 0.15) is 20.3 Å². The van der Waals surface area contributed by atoms with Crippen molar-refractivity contribution in [1.29, 1.82) is 0 Å². The van der Waals surface area contributed by atoms with E-state index in [1.54, 1.807) is 4.90 Å². The van der Waals surface area contributed by atoms with E-state index in [4.69, 9.17) is 9.84 Å². The summed E-state index contributed by atoms with van der Waals surface area (Å²) in [6.07, 6.45) is 0.963. The quantitative estimate of drug-likeness (QED) is 0.652. The molecular weight excluding hydrogens is 268 g/mol.